The SMILES string of the molecule is C[C@H](/C=C/C(=O)Nc1ccccc1N)[C@H](OC(=O)Nc1ccc2c(c1)OCO2)c1ccccc1OCCO. The Morgan fingerprint density at radius 3 is 2.63 bits per heavy atom. The molecule has 0 unspecified atom stereocenters. The molecule has 0 aliphatic carbocycles. The summed E-state index contributed by atoms with van der Waals surface area (Å²) in [7, 11) is 0. The van der Waals surface area contributed by atoms with Crippen molar-refractivity contribution in [2.45, 2.75) is 13.0 Å². The smallest absolute Gasteiger partial charge is 0.412 e. The second kappa shape index (κ2) is 12.5. The predicted molar refractivity (Wildman–Crippen MR) is 142 cm³/mol. The minimum atomic E-state index is -0.829. The van der Waals surface area contributed by atoms with Gasteiger partial charge in [0.15, 0.2) is 11.5 Å². The van der Waals surface area contributed by atoms with Crippen LogP contribution in [0.4, 0.5) is 21.9 Å². The van der Waals surface area contributed by atoms with Crippen molar-refractivity contribution in [2.75, 3.05) is 36.4 Å². The van der Waals surface area contributed by atoms with Crippen LogP contribution in [0.1, 0.15) is 18.6 Å². The van der Waals surface area contributed by atoms with Crippen LogP contribution in [0.15, 0.2) is 78.9 Å². The van der Waals surface area contributed by atoms with Crippen LogP contribution >= 0.6 is 0 Å². The van der Waals surface area contributed by atoms with E-state index in [9.17, 15) is 14.7 Å². The molecule has 0 saturated heterocycles. The highest BCUT2D eigenvalue weighted by atomic mass is 16.7. The molecule has 4 rings (SSSR count). The molecule has 3 aromatic carbocycles. The normalized spacial score (nSPS) is 13.5. The molecule has 38 heavy (non-hydrogen) atoms. The number of aliphatic hydroxyl groups is 1. The predicted octanol–water partition coefficient (Wildman–Crippen LogP) is 4.49. The zero-order valence-corrected chi connectivity index (χ0v) is 20.8. The summed E-state index contributed by atoms with van der Waals surface area (Å²) in [6.07, 6.45) is 1.45. The average Bonchev–Trinajstić information content (AvgIpc) is 3.39. The fourth-order valence-electron chi connectivity index (χ4n) is 3.82. The van der Waals surface area contributed by atoms with Crippen LogP contribution in [0.2, 0.25) is 0 Å². The molecule has 0 saturated carbocycles. The molecule has 1 aliphatic heterocycles. The molecule has 0 bridgehead atoms. The van der Waals surface area contributed by atoms with Gasteiger partial charge >= 0.3 is 6.09 Å². The maximum Gasteiger partial charge on any atom is 0.412 e. The molecule has 0 aromatic heterocycles. The lowest BCUT2D eigenvalue weighted by atomic mass is 9.95. The molecule has 0 spiro atoms. The standard InChI is InChI=1S/C28H29N3O7/c1-18(10-13-26(33)31-22-8-4-3-7-21(22)29)27(20-6-2-5-9-23(20)35-15-14-32)38-28(34)30-19-11-12-24-25(16-19)37-17-36-24/h2-13,16,18,27,32H,14-15,17,29H2,1H3,(H,30,34)(H,31,33)/b13-10+/t18-,27+/m1/s1. The van der Waals surface area contributed by atoms with Crippen LogP contribution in [-0.4, -0.2) is 37.1 Å². The monoisotopic (exact) mass is 519 g/mol. The van der Waals surface area contributed by atoms with Gasteiger partial charge in [-0.05, 0) is 36.4 Å². The van der Waals surface area contributed by atoms with Gasteiger partial charge in [0, 0.05) is 23.2 Å². The van der Waals surface area contributed by atoms with E-state index in [2.05, 4.69) is 10.6 Å². The first kappa shape index (κ1) is 26.4. The summed E-state index contributed by atoms with van der Waals surface area (Å²) in [6, 6.07) is 19.0. The van der Waals surface area contributed by atoms with Crippen LogP contribution in [-0.2, 0) is 9.53 Å². The second-order valence-electron chi connectivity index (χ2n) is 8.42. The van der Waals surface area contributed by atoms with E-state index in [0.717, 1.165) is 0 Å². The minimum Gasteiger partial charge on any atom is -0.491 e. The van der Waals surface area contributed by atoms with Gasteiger partial charge in [0.25, 0.3) is 0 Å². The topological polar surface area (TPSA) is 141 Å². The van der Waals surface area contributed by atoms with Crippen LogP contribution in [0, 0.1) is 5.92 Å². The fourth-order valence-corrected chi connectivity index (χ4v) is 3.82. The van der Waals surface area contributed by atoms with Crippen molar-refractivity contribution < 1.29 is 33.6 Å². The van der Waals surface area contributed by atoms with Crippen molar-refractivity contribution >= 4 is 29.1 Å². The van der Waals surface area contributed by atoms with Crippen molar-refractivity contribution in [1.29, 1.82) is 0 Å². The molecule has 2 amide bonds. The molecule has 1 heterocycles. The highest BCUT2D eigenvalue weighted by molar-refractivity contribution is 6.01. The van der Waals surface area contributed by atoms with Crippen LogP contribution < -0.4 is 30.6 Å². The number of hydrogen-bond acceptors (Lipinski definition) is 8. The summed E-state index contributed by atoms with van der Waals surface area (Å²) in [5, 5.41) is 14.7. The number of hydrogen-bond donors (Lipinski definition) is 4. The van der Waals surface area contributed by atoms with Gasteiger partial charge in [-0.3, -0.25) is 10.1 Å². The third kappa shape index (κ3) is 6.74. The van der Waals surface area contributed by atoms with E-state index in [1.54, 1.807) is 72.8 Å². The maximum atomic E-state index is 12.9. The van der Waals surface area contributed by atoms with Crippen LogP contribution in [0.5, 0.6) is 17.2 Å². The van der Waals surface area contributed by atoms with E-state index >= 15 is 0 Å². The van der Waals surface area contributed by atoms with Gasteiger partial charge in [0.1, 0.15) is 18.5 Å². The lowest BCUT2D eigenvalue weighted by molar-refractivity contribution is -0.111. The van der Waals surface area contributed by atoms with Crippen LogP contribution in [0.3, 0.4) is 0 Å². The number of nitrogens with two attached hydrogens (primary N) is 1. The number of fused-ring (bicyclic) bond motifs is 1. The molecular formula is C28H29N3O7. The van der Waals surface area contributed by atoms with Crippen LogP contribution in [0.25, 0.3) is 0 Å². The van der Waals surface area contributed by atoms with Gasteiger partial charge in [-0.15, -0.1) is 0 Å². The largest absolute Gasteiger partial charge is 0.491 e. The van der Waals surface area contributed by atoms with Gasteiger partial charge in [-0.25, -0.2) is 4.79 Å². The van der Waals surface area contributed by atoms with E-state index in [0.29, 0.717) is 39.9 Å². The summed E-state index contributed by atoms with van der Waals surface area (Å²) in [6.45, 7) is 1.81. The van der Waals surface area contributed by atoms with E-state index in [1.807, 2.05) is 6.92 Å². The van der Waals surface area contributed by atoms with Crippen molar-refractivity contribution in [1.82, 2.24) is 0 Å². The van der Waals surface area contributed by atoms with Gasteiger partial charge in [0.2, 0.25) is 12.7 Å². The Hall–Kier alpha value is -4.70. The summed E-state index contributed by atoms with van der Waals surface area (Å²) in [5.41, 5.74) is 7.88. The number of amides is 2. The molecule has 0 radical (unpaired) electrons. The number of carbonyl (C=O) groups excluding carboxylic acids is 2. The second-order valence-corrected chi connectivity index (χ2v) is 8.42. The fraction of sp³-hybridized carbons (Fsp3) is 0.214. The van der Waals surface area contributed by atoms with Crippen molar-refractivity contribution in [3.63, 3.8) is 0 Å². The number of aliphatic hydroxyl groups excluding tert-OH is 1. The molecule has 10 nitrogen and oxygen atoms in total. The Labute approximate surface area is 220 Å². The van der Waals surface area contributed by atoms with Gasteiger partial charge < -0.3 is 35.1 Å². The molecule has 5 N–H and O–H groups in total. The number of anilines is 3. The molecule has 10 heteroatoms. The molecule has 1 aliphatic rings. The van der Waals surface area contributed by atoms with Gasteiger partial charge in [0.05, 0.1) is 18.0 Å². The third-order valence-corrected chi connectivity index (χ3v) is 5.67. The van der Waals surface area contributed by atoms with Crippen molar-refractivity contribution in [3.05, 3.63) is 84.4 Å². The lowest BCUT2D eigenvalue weighted by Gasteiger charge is -2.25. The Kier molecular flexibility index (Phi) is 8.68. The Morgan fingerprint density at radius 1 is 1.05 bits per heavy atom. The third-order valence-electron chi connectivity index (χ3n) is 5.67. The highest BCUT2D eigenvalue weighted by Crippen LogP contribution is 2.36. The van der Waals surface area contributed by atoms with Gasteiger partial charge in [-0.1, -0.05) is 43.3 Å². The van der Waals surface area contributed by atoms with Crippen molar-refractivity contribution in [2.24, 2.45) is 5.92 Å². The summed E-state index contributed by atoms with van der Waals surface area (Å²) in [4.78, 5) is 25.5. The number of nitrogens with one attached hydrogen (secondary N) is 2. The number of rotatable bonds is 10. The first-order valence-corrected chi connectivity index (χ1v) is 12.0. The maximum absolute atomic E-state index is 12.9. The molecule has 0 fully saturated rings. The number of nitrogen functional groups attached to an aromatic ring is 1. The number of benzene rings is 3. The van der Waals surface area contributed by atoms with E-state index < -0.39 is 18.1 Å². The highest BCUT2D eigenvalue weighted by Gasteiger charge is 2.26. The lowest BCUT2D eigenvalue weighted by Crippen LogP contribution is -2.22. The van der Waals surface area contributed by atoms with E-state index in [-0.39, 0.29) is 25.9 Å². The molecule has 2 atom stereocenters. The summed E-state index contributed by atoms with van der Waals surface area (Å²) in [5.74, 6) is 0.720. The molecule has 198 valence electrons. The zero-order valence-electron chi connectivity index (χ0n) is 20.8. The number of carbonyl (C=O) groups is 2. The zero-order chi connectivity index (χ0) is 26.9. The van der Waals surface area contributed by atoms with E-state index in [4.69, 9.17) is 24.7 Å². The van der Waals surface area contributed by atoms with Gasteiger partial charge in [-0.2, -0.15) is 0 Å². The first-order valence-electron chi connectivity index (χ1n) is 12.0. The summed E-state index contributed by atoms with van der Waals surface area (Å²) >= 11 is 0. The summed E-state index contributed by atoms with van der Waals surface area (Å²) < 4.78 is 22.2. The minimum absolute atomic E-state index is 0.0677. The van der Waals surface area contributed by atoms with E-state index in [1.165, 1.54) is 6.08 Å². The number of para-hydroxylation sites is 3. The quantitative estimate of drug-likeness (QED) is 0.227. The Bertz CT molecular complexity index is 1310. The Morgan fingerprint density at radius 2 is 1.82 bits per heavy atom. The number of ether oxygens (including phenoxy) is 4. The molecule has 3 aromatic rings. The van der Waals surface area contributed by atoms with Crippen molar-refractivity contribution in [3.8, 4) is 17.2 Å². The first-order chi connectivity index (χ1) is 18.4. The Balaban J connectivity index is 1.52. The molecular weight excluding hydrogens is 490 g/mol. The average molecular weight is 520 g/mol.